The molecule has 2 aliphatic carbocycles. The normalized spacial score (nSPS) is 25.8. The highest BCUT2D eigenvalue weighted by Gasteiger charge is 2.49. The van der Waals surface area contributed by atoms with Gasteiger partial charge in [-0.2, -0.15) is 0 Å². The summed E-state index contributed by atoms with van der Waals surface area (Å²) >= 11 is 0. The van der Waals surface area contributed by atoms with Gasteiger partial charge in [0.05, 0.1) is 0 Å². The third-order valence-corrected chi connectivity index (χ3v) is 6.58. The molecule has 26 heavy (non-hydrogen) atoms. The van der Waals surface area contributed by atoms with Crippen molar-refractivity contribution in [3.05, 3.63) is 59.7 Å². The molecule has 0 aromatic heterocycles. The Bertz CT molecular complexity index is 804. The lowest BCUT2D eigenvalue weighted by Crippen LogP contribution is -2.59. The summed E-state index contributed by atoms with van der Waals surface area (Å²) in [4.78, 5) is 12.3. The number of carbonyl (C=O) groups is 1. The Hall–Kier alpha value is -2.33. The maximum absolute atomic E-state index is 12.3. The number of fused-ring (bicyclic) bond motifs is 4. The summed E-state index contributed by atoms with van der Waals surface area (Å²) in [5, 5.41) is 6.57. The van der Waals surface area contributed by atoms with Gasteiger partial charge in [-0.3, -0.25) is 0 Å². The summed E-state index contributed by atoms with van der Waals surface area (Å²) in [5.74, 6) is 0.837. The predicted molar refractivity (Wildman–Crippen MR) is 101 cm³/mol. The molecule has 4 nitrogen and oxygen atoms in total. The summed E-state index contributed by atoms with van der Waals surface area (Å²) in [5.41, 5.74) is 5.13. The molecule has 2 aromatic carbocycles. The van der Waals surface area contributed by atoms with Crippen molar-refractivity contribution in [2.45, 2.75) is 30.7 Å². The van der Waals surface area contributed by atoms with Gasteiger partial charge in [-0.05, 0) is 54.0 Å². The molecule has 1 saturated heterocycles. The Labute approximate surface area is 153 Å². The molecule has 0 radical (unpaired) electrons. The number of rotatable bonds is 4. The monoisotopic (exact) mass is 348 g/mol. The van der Waals surface area contributed by atoms with Crippen molar-refractivity contribution in [1.29, 1.82) is 0 Å². The van der Waals surface area contributed by atoms with Crippen LogP contribution in [0.3, 0.4) is 0 Å². The molecule has 2 aromatic rings. The fourth-order valence-electron chi connectivity index (χ4n) is 5.02. The summed E-state index contributed by atoms with van der Waals surface area (Å²) in [7, 11) is 0. The molecule has 2 N–H and O–H groups in total. The van der Waals surface area contributed by atoms with Crippen LogP contribution in [0.2, 0.25) is 0 Å². The molecular formula is C22H24N2O2. The molecule has 0 spiro atoms. The van der Waals surface area contributed by atoms with Crippen molar-refractivity contribution in [1.82, 2.24) is 10.6 Å². The van der Waals surface area contributed by atoms with Gasteiger partial charge < -0.3 is 15.4 Å². The van der Waals surface area contributed by atoms with Gasteiger partial charge in [0, 0.05) is 18.0 Å². The summed E-state index contributed by atoms with van der Waals surface area (Å²) in [6.45, 7) is 2.12. The Kier molecular flexibility index (Phi) is 3.75. The van der Waals surface area contributed by atoms with Gasteiger partial charge in [-0.15, -0.1) is 0 Å². The van der Waals surface area contributed by atoms with Crippen LogP contribution in [0.5, 0.6) is 0 Å². The first-order valence-corrected chi connectivity index (χ1v) is 9.61. The topological polar surface area (TPSA) is 50.4 Å². The summed E-state index contributed by atoms with van der Waals surface area (Å²) in [6, 6.07) is 16.8. The highest BCUT2D eigenvalue weighted by atomic mass is 16.5. The lowest BCUT2D eigenvalue weighted by molar-refractivity contribution is 0.112. The van der Waals surface area contributed by atoms with Crippen molar-refractivity contribution in [3.63, 3.8) is 0 Å². The van der Waals surface area contributed by atoms with Crippen molar-refractivity contribution < 1.29 is 9.53 Å². The fourth-order valence-corrected chi connectivity index (χ4v) is 5.02. The molecule has 1 saturated carbocycles. The Morgan fingerprint density at radius 2 is 1.77 bits per heavy atom. The molecule has 1 aliphatic heterocycles. The number of alkyl carbamates (subject to hydrolysis) is 1. The molecular weight excluding hydrogens is 324 g/mol. The van der Waals surface area contributed by atoms with Gasteiger partial charge in [0.1, 0.15) is 6.61 Å². The molecule has 0 bridgehead atoms. The van der Waals surface area contributed by atoms with Gasteiger partial charge in [0.25, 0.3) is 0 Å². The second kappa shape index (κ2) is 6.13. The van der Waals surface area contributed by atoms with Crippen LogP contribution in [0.25, 0.3) is 11.1 Å². The van der Waals surface area contributed by atoms with Crippen LogP contribution < -0.4 is 10.6 Å². The number of ether oxygens (including phenoxy) is 1. The Balaban J connectivity index is 1.25. The maximum atomic E-state index is 12.3. The number of hydrogen-bond acceptors (Lipinski definition) is 3. The first-order valence-electron chi connectivity index (χ1n) is 9.61. The quantitative estimate of drug-likeness (QED) is 0.886. The van der Waals surface area contributed by atoms with Crippen LogP contribution in [-0.2, 0) is 4.74 Å². The van der Waals surface area contributed by atoms with Gasteiger partial charge in [0.2, 0.25) is 0 Å². The van der Waals surface area contributed by atoms with E-state index in [4.69, 9.17) is 4.74 Å². The second-order valence-corrected chi connectivity index (χ2v) is 7.79. The Morgan fingerprint density at radius 1 is 1.08 bits per heavy atom. The van der Waals surface area contributed by atoms with E-state index in [0.717, 1.165) is 18.9 Å². The van der Waals surface area contributed by atoms with Crippen LogP contribution in [0.1, 0.15) is 36.3 Å². The second-order valence-electron chi connectivity index (χ2n) is 7.79. The zero-order valence-corrected chi connectivity index (χ0v) is 14.8. The van der Waals surface area contributed by atoms with E-state index in [-0.39, 0.29) is 17.6 Å². The summed E-state index contributed by atoms with van der Waals surface area (Å²) < 4.78 is 5.63. The zero-order chi connectivity index (χ0) is 17.6. The van der Waals surface area contributed by atoms with Gasteiger partial charge in [0.15, 0.2) is 0 Å². The number of nitrogens with one attached hydrogen (secondary N) is 2. The van der Waals surface area contributed by atoms with Crippen molar-refractivity contribution in [3.8, 4) is 11.1 Å². The van der Waals surface area contributed by atoms with Crippen LogP contribution in [0, 0.1) is 5.92 Å². The molecule has 2 fully saturated rings. The number of carbonyl (C=O) groups excluding carboxylic acids is 1. The molecule has 134 valence electrons. The SMILES string of the molecule is O=C(NCC12CCC1CCN2)OCC1c2ccccc2-c2ccccc21. The van der Waals surface area contributed by atoms with E-state index in [0.29, 0.717) is 13.2 Å². The van der Waals surface area contributed by atoms with Crippen LogP contribution in [0.15, 0.2) is 48.5 Å². The van der Waals surface area contributed by atoms with E-state index in [1.807, 2.05) is 0 Å². The van der Waals surface area contributed by atoms with E-state index in [1.54, 1.807) is 0 Å². The van der Waals surface area contributed by atoms with Gasteiger partial charge in [-0.1, -0.05) is 48.5 Å². The average molecular weight is 348 g/mol. The molecule has 5 rings (SSSR count). The largest absolute Gasteiger partial charge is 0.449 e. The van der Waals surface area contributed by atoms with Gasteiger partial charge >= 0.3 is 6.09 Å². The number of benzene rings is 2. The minimum Gasteiger partial charge on any atom is -0.449 e. The molecule has 2 atom stereocenters. The lowest BCUT2D eigenvalue weighted by atomic mass is 9.68. The smallest absolute Gasteiger partial charge is 0.407 e. The minimum atomic E-state index is -0.305. The first-order chi connectivity index (χ1) is 12.8. The molecule has 2 unspecified atom stereocenters. The van der Waals surface area contributed by atoms with Crippen LogP contribution in [-0.4, -0.2) is 31.3 Å². The standard InChI is InChI=1S/C22H24N2O2/c25-21(23-14-22-11-9-15(22)10-12-24-22)26-13-20-18-7-3-1-5-16(18)17-6-2-4-8-19(17)20/h1-8,15,20,24H,9-14H2,(H,23,25). The predicted octanol–water partition coefficient (Wildman–Crippen LogP) is 3.67. The fraction of sp³-hybridized carbons (Fsp3) is 0.409. The van der Waals surface area contributed by atoms with E-state index in [9.17, 15) is 4.79 Å². The molecule has 1 heterocycles. The van der Waals surface area contributed by atoms with Gasteiger partial charge in [-0.25, -0.2) is 4.79 Å². The Morgan fingerprint density at radius 3 is 2.38 bits per heavy atom. The highest BCUT2D eigenvalue weighted by molar-refractivity contribution is 5.79. The molecule has 3 aliphatic rings. The van der Waals surface area contributed by atoms with Crippen molar-refractivity contribution in [2.24, 2.45) is 5.92 Å². The number of amides is 1. The van der Waals surface area contributed by atoms with Crippen LogP contribution >= 0.6 is 0 Å². The third kappa shape index (κ3) is 2.43. The van der Waals surface area contributed by atoms with E-state index in [1.165, 1.54) is 35.1 Å². The number of hydrogen-bond donors (Lipinski definition) is 2. The van der Waals surface area contributed by atoms with E-state index < -0.39 is 0 Å². The molecule has 1 amide bonds. The first kappa shape index (κ1) is 15.9. The molecule has 4 heteroatoms. The maximum Gasteiger partial charge on any atom is 0.407 e. The zero-order valence-electron chi connectivity index (χ0n) is 14.8. The third-order valence-electron chi connectivity index (χ3n) is 6.58. The van der Waals surface area contributed by atoms with Crippen molar-refractivity contribution in [2.75, 3.05) is 19.7 Å². The van der Waals surface area contributed by atoms with E-state index >= 15 is 0 Å². The van der Waals surface area contributed by atoms with Crippen LogP contribution in [0.4, 0.5) is 4.79 Å². The van der Waals surface area contributed by atoms with E-state index in [2.05, 4.69) is 59.2 Å². The minimum absolute atomic E-state index is 0.118. The lowest BCUT2D eigenvalue weighted by Gasteiger charge is -2.45. The highest BCUT2D eigenvalue weighted by Crippen LogP contribution is 2.45. The van der Waals surface area contributed by atoms with Crippen molar-refractivity contribution >= 4 is 6.09 Å². The average Bonchev–Trinajstić information content (AvgIpc) is 3.13. The summed E-state index contributed by atoms with van der Waals surface area (Å²) in [6.07, 6.45) is 3.35.